The van der Waals surface area contributed by atoms with Gasteiger partial charge in [0.1, 0.15) is 5.75 Å². The van der Waals surface area contributed by atoms with Crippen molar-refractivity contribution in [1.82, 2.24) is 9.78 Å². The minimum atomic E-state index is -1.42. The lowest BCUT2D eigenvalue weighted by Crippen LogP contribution is -2.25. The third-order valence-corrected chi connectivity index (χ3v) is 5.55. The summed E-state index contributed by atoms with van der Waals surface area (Å²) in [6, 6.07) is 21.0. The van der Waals surface area contributed by atoms with Gasteiger partial charge >= 0.3 is 5.97 Å². The van der Waals surface area contributed by atoms with Gasteiger partial charge in [-0.05, 0) is 69.3 Å². The number of carbonyl (C=O) groups is 3. The Morgan fingerprint density at radius 3 is 2.03 bits per heavy atom. The molecule has 0 aliphatic rings. The van der Waals surface area contributed by atoms with E-state index in [2.05, 4.69) is 10.4 Å². The number of aromatic carboxylic acids is 1. The Hall–Kier alpha value is -4.72. The zero-order valence-electron chi connectivity index (χ0n) is 20.1. The van der Waals surface area contributed by atoms with Crippen LogP contribution in [0.1, 0.15) is 38.9 Å². The zero-order chi connectivity index (χ0) is 25.8. The molecule has 0 radical (unpaired) electrons. The van der Waals surface area contributed by atoms with Gasteiger partial charge in [-0.2, -0.15) is 5.10 Å². The second-order valence-electron chi connectivity index (χ2n) is 8.23. The molecule has 1 heterocycles. The van der Waals surface area contributed by atoms with Crippen LogP contribution in [0.4, 0.5) is 5.69 Å². The summed E-state index contributed by atoms with van der Waals surface area (Å²) in [5, 5.41) is 16.7. The number of aromatic nitrogens is 2. The minimum absolute atomic E-state index is 0.198. The SMILES string of the molecule is CCOc1ccc(-c2c(C(=O)C(=O)Nc3ccc(C)cc3)c(C(=O)O)nn2-c2ccc(C)cc2)cc1. The number of ketones is 1. The van der Waals surface area contributed by atoms with Crippen LogP contribution >= 0.6 is 0 Å². The van der Waals surface area contributed by atoms with Crippen molar-refractivity contribution in [2.24, 2.45) is 0 Å². The highest BCUT2D eigenvalue weighted by Crippen LogP contribution is 2.32. The van der Waals surface area contributed by atoms with E-state index < -0.39 is 23.4 Å². The molecule has 4 rings (SSSR count). The molecule has 1 aromatic heterocycles. The van der Waals surface area contributed by atoms with Crippen molar-refractivity contribution in [1.29, 1.82) is 0 Å². The van der Waals surface area contributed by atoms with E-state index in [4.69, 9.17) is 4.74 Å². The molecule has 2 N–H and O–H groups in total. The first-order valence-corrected chi connectivity index (χ1v) is 11.4. The standard InChI is InChI=1S/C28H25N3O5/c1-4-36-22-15-9-19(10-16-22)25-23(26(32)27(33)29-20-11-5-17(2)6-12-20)24(28(34)35)30-31(25)21-13-7-18(3)8-14-21/h5-16H,4H2,1-3H3,(H,29,33)(H,34,35). The molecule has 0 spiro atoms. The van der Waals surface area contributed by atoms with Crippen molar-refractivity contribution in [3.05, 3.63) is 95.2 Å². The van der Waals surface area contributed by atoms with Crippen molar-refractivity contribution in [3.63, 3.8) is 0 Å². The summed E-state index contributed by atoms with van der Waals surface area (Å²) in [6.45, 7) is 6.17. The number of carboxylic acid groups (broad SMARTS) is 1. The largest absolute Gasteiger partial charge is 0.494 e. The summed E-state index contributed by atoms with van der Waals surface area (Å²) in [5.74, 6) is -2.77. The Labute approximate surface area is 208 Å². The van der Waals surface area contributed by atoms with Crippen LogP contribution in [0.5, 0.6) is 5.75 Å². The van der Waals surface area contributed by atoms with E-state index in [1.165, 1.54) is 4.68 Å². The van der Waals surface area contributed by atoms with Crippen LogP contribution in [0.25, 0.3) is 16.9 Å². The molecule has 0 saturated carbocycles. The van der Waals surface area contributed by atoms with E-state index >= 15 is 0 Å². The molecule has 0 bridgehead atoms. The Kier molecular flexibility index (Phi) is 6.96. The third-order valence-electron chi connectivity index (χ3n) is 5.55. The molecule has 8 heteroatoms. The van der Waals surface area contributed by atoms with Gasteiger partial charge in [0.2, 0.25) is 0 Å². The van der Waals surface area contributed by atoms with Gasteiger partial charge in [-0.25, -0.2) is 9.48 Å². The number of ether oxygens (including phenoxy) is 1. The van der Waals surface area contributed by atoms with Crippen molar-refractivity contribution in [2.45, 2.75) is 20.8 Å². The normalized spacial score (nSPS) is 10.6. The third kappa shape index (κ3) is 5.02. The molecule has 0 unspecified atom stereocenters. The molecule has 0 aliphatic heterocycles. The van der Waals surface area contributed by atoms with Gasteiger partial charge in [0.05, 0.1) is 23.6 Å². The predicted molar refractivity (Wildman–Crippen MR) is 136 cm³/mol. The lowest BCUT2D eigenvalue weighted by Gasteiger charge is -2.11. The highest BCUT2D eigenvalue weighted by molar-refractivity contribution is 6.48. The second kappa shape index (κ2) is 10.3. The molecule has 36 heavy (non-hydrogen) atoms. The van der Waals surface area contributed by atoms with Crippen LogP contribution in [0, 0.1) is 13.8 Å². The second-order valence-corrected chi connectivity index (χ2v) is 8.23. The molecular weight excluding hydrogens is 458 g/mol. The van der Waals surface area contributed by atoms with Gasteiger partial charge < -0.3 is 15.2 Å². The van der Waals surface area contributed by atoms with Gasteiger partial charge in [0, 0.05) is 11.3 Å². The average molecular weight is 484 g/mol. The number of carbonyl (C=O) groups excluding carboxylic acids is 2. The lowest BCUT2D eigenvalue weighted by molar-refractivity contribution is -0.112. The van der Waals surface area contributed by atoms with E-state index in [1.807, 2.05) is 32.9 Å². The number of Topliss-reactive ketones (excluding diaryl/α,β-unsaturated/α-hetero) is 1. The maximum Gasteiger partial charge on any atom is 0.357 e. The molecule has 0 atom stereocenters. The van der Waals surface area contributed by atoms with Crippen LogP contribution in [0.15, 0.2) is 72.8 Å². The minimum Gasteiger partial charge on any atom is -0.494 e. The molecule has 0 aliphatic carbocycles. The topological polar surface area (TPSA) is 111 Å². The Morgan fingerprint density at radius 2 is 1.47 bits per heavy atom. The maximum atomic E-state index is 13.5. The fraction of sp³-hybridized carbons (Fsp3) is 0.143. The van der Waals surface area contributed by atoms with Crippen LogP contribution in [-0.2, 0) is 4.79 Å². The van der Waals surface area contributed by atoms with Gasteiger partial charge in [0.25, 0.3) is 11.7 Å². The van der Waals surface area contributed by atoms with Gasteiger partial charge in [-0.1, -0.05) is 35.4 Å². The average Bonchev–Trinajstić information content (AvgIpc) is 3.27. The number of benzene rings is 3. The van der Waals surface area contributed by atoms with Crippen LogP contribution < -0.4 is 10.1 Å². The fourth-order valence-electron chi connectivity index (χ4n) is 3.74. The summed E-state index contributed by atoms with van der Waals surface area (Å²) < 4.78 is 6.89. The summed E-state index contributed by atoms with van der Waals surface area (Å²) in [7, 11) is 0. The summed E-state index contributed by atoms with van der Waals surface area (Å²) in [5.41, 5.74) is 2.86. The quantitative estimate of drug-likeness (QED) is 0.267. The summed E-state index contributed by atoms with van der Waals surface area (Å²) in [6.07, 6.45) is 0. The van der Waals surface area contributed by atoms with Crippen LogP contribution in [-0.4, -0.2) is 39.2 Å². The van der Waals surface area contributed by atoms with Gasteiger partial charge in [-0.15, -0.1) is 0 Å². The van der Waals surface area contributed by atoms with Gasteiger partial charge in [0.15, 0.2) is 5.69 Å². The number of hydrogen-bond acceptors (Lipinski definition) is 5. The van der Waals surface area contributed by atoms with E-state index in [0.717, 1.165) is 11.1 Å². The first-order chi connectivity index (χ1) is 17.3. The predicted octanol–water partition coefficient (Wildman–Crippen LogP) is 5.07. The van der Waals surface area contributed by atoms with Crippen molar-refractivity contribution < 1.29 is 24.2 Å². The molecule has 8 nitrogen and oxygen atoms in total. The Bertz CT molecular complexity index is 1420. The molecular formula is C28H25N3O5. The van der Waals surface area contributed by atoms with E-state index in [9.17, 15) is 19.5 Å². The van der Waals surface area contributed by atoms with E-state index in [0.29, 0.717) is 29.3 Å². The molecule has 4 aromatic rings. The number of aryl methyl sites for hydroxylation is 2. The number of rotatable bonds is 8. The fourth-order valence-corrected chi connectivity index (χ4v) is 3.74. The summed E-state index contributed by atoms with van der Waals surface area (Å²) in [4.78, 5) is 38.6. The first kappa shape index (κ1) is 24.4. The van der Waals surface area contributed by atoms with Crippen molar-refractivity contribution in [3.8, 4) is 22.7 Å². The Morgan fingerprint density at radius 1 is 0.889 bits per heavy atom. The highest BCUT2D eigenvalue weighted by atomic mass is 16.5. The first-order valence-electron chi connectivity index (χ1n) is 11.4. The van der Waals surface area contributed by atoms with Crippen molar-refractivity contribution >= 4 is 23.3 Å². The number of amides is 1. The molecule has 1 amide bonds. The highest BCUT2D eigenvalue weighted by Gasteiger charge is 2.33. The van der Waals surface area contributed by atoms with E-state index in [1.54, 1.807) is 60.7 Å². The number of nitrogens with one attached hydrogen (secondary N) is 1. The van der Waals surface area contributed by atoms with Crippen molar-refractivity contribution in [2.75, 3.05) is 11.9 Å². The summed E-state index contributed by atoms with van der Waals surface area (Å²) >= 11 is 0. The number of carboxylic acids is 1. The molecule has 0 saturated heterocycles. The van der Waals surface area contributed by atoms with Crippen LogP contribution in [0.3, 0.4) is 0 Å². The van der Waals surface area contributed by atoms with Gasteiger partial charge in [-0.3, -0.25) is 9.59 Å². The molecule has 182 valence electrons. The lowest BCUT2D eigenvalue weighted by atomic mass is 10.0. The number of nitrogens with zero attached hydrogens (tertiary/aromatic N) is 2. The molecule has 0 fully saturated rings. The smallest absolute Gasteiger partial charge is 0.357 e. The maximum absolute atomic E-state index is 13.5. The zero-order valence-corrected chi connectivity index (χ0v) is 20.1. The number of hydrogen-bond donors (Lipinski definition) is 2. The molecule has 3 aromatic carbocycles. The number of anilines is 1. The van der Waals surface area contributed by atoms with E-state index in [-0.39, 0.29) is 11.3 Å². The Balaban J connectivity index is 1.87. The monoisotopic (exact) mass is 483 g/mol. The van der Waals surface area contributed by atoms with Crippen LogP contribution in [0.2, 0.25) is 0 Å².